The van der Waals surface area contributed by atoms with Crippen molar-refractivity contribution in [2.75, 3.05) is 0 Å². The Balaban J connectivity index is 1.64. The summed E-state index contributed by atoms with van der Waals surface area (Å²) in [6, 6.07) is 2.53. The summed E-state index contributed by atoms with van der Waals surface area (Å²) in [7, 11) is 0. The Morgan fingerprint density at radius 3 is 2.86 bits per heavy atom. The van der Waals surface area contributed by atoms with Crippen LogP contribution in [0, 0.1) is 5.92 Å². The van der Waals surface area contributed by atoms with Gasteiger partial charge in [-0.2, -0.15) is 5.10 Å². The lowest BCUT2D eigenvalue weighted by Gasteiger charge is -2.35. The molecular formula is C17H27N3O. The minimum atomic E-state index is -0.616. The molecule has 0 amide bonds. The molecule has 0 radical (unpaired) electrons. The van der Waals surface area contributed by atoms with Crippen molar-refractivity contribution in [1.29, 1.82) is 0 Å². The average molecular weight is 289 g/mol. The van der Waals surface area contributed by atoms with Gasteiger partial charge in [0, 0.05) is 6.20 Å². The van der Waals surface area contributed by atoms with Crippen molar-refractivity contribution in [1.82, 2.24) is 9.78 Å². The van der Waals surface area contributed by atoms with Crippen molar-refractivity contribution in [3.8, 4) is 0 Å². The largest absolute Gasteiger partial charge is 0.319 e. The Labute approximate surface area is 127 Å². The lowest BCUT2D eigenvalue weighted by atomic mass is 9.74. The Morgan fingerprint density at radius 1 is 1.38 bits per heavy atom. The van der Waals surface area contributed by atoms with E-state index in [2.05, 4.69) is 16.7 Å². The van der Waals surface area contributed by atoms with E-state index in [1.165, 1.54) is 32.1 Å². The van der Waals surface area contributed by atoms with Gasteiger partial charge in [-0.25, -0.2) is 0 Å². The van der Waals surface area contributed by atoms with Crippen molar-refractivity contribution in [2.45, 2.75) is 76.3 Å². The lowest BCUT2D eigenvalue weighted by Crippen LogP contribution is -2.51. The maximum absolute atomic E-state index is 12.6. The SMILES string of the molecule is CC1CCCC(N)(C(=O)Cc2ccn(C3CCCC3)n2)C1. The monoisotopic (exact) mass is 289 g/mol. The molecule has 1 aromatic rings. The summed E-state index contributed by atoms with van der Waals surface area (Å²) in [4.78, 5) is 12.6. The van der Waals surface area contributed by atoms with E-state index in [0.717, 1.165) is 25.0 Å². The van der Waals surface area contributed by atoms with E-state index < -0.39 is 5.54 Å². The Hall–Kier alpha value is -1.16. The molecule has 0 aliphatic heterocycles. The maximum atomic E-state index is 12.6. The van der Waals surface area contributed by atoms with E-state index in [4.69, 9.17) is 5.73 Å². The summed E-state index contributed by atoms with van der Waals surface area (Å²) < 4.78 is 2.06. The van der Waals surface area contributed by atoms with Gasteiger partial charge in [0.15, 0.2) is 5.78 Å². The molecule has 21 heavy (non-hydrogen) atoms. The van der Waals surface area contributed by atoms with Gasteiger partial charge in [0.05, 0.1) is 23.7 Å². The third kappa shape index (κ3) is 3.20. The fraction of sp³-hybridized carbons (Fsp3) is 0.765. The van der Waals surface area contributed by atoms with Crippen molar-refractivity contribution in [3.05, 3.63) is 18.0 Å². The molecule has 2 atom stereocenters. The summed E-state index contributed by atoms with van der Waals surface area (Å²) in [6.07, 6.45) is 11.4. The molecule has 2 N–H and O–H groups in total. The summed E-state index contributed by atoms with van der Waals surface area (Å²) >= 11 is 0. The zero-order chi connectivity index (χ0) is 14.9. The minimum absolute atomic E-state index is 0.172. The van der Waals surface area contributed by atoms with Gasteiger partial charge in [0.2, 0.25) is 0 Å². The van der Waals surface area contributed by atoms with Crippen LogP contribution in [0.3, 0.4) is 0 Å². The number of nitrogens with zero attached hydrogens (tertiary/aromatic N) is 2. The highest BCUT2D eigenvalue weighted by Gasteiger charge is 2.37. The van der Waals surface area contributed by atoms with Crippen LogP contribution in [0.2, 0.25) is 0 Å². The molecule has 0 saturated heterocycles. The van der Waals surface area contributed by atoms with Crippen LogP contribution in [0.5, 0.6) is 0 Å². The number of Topliss-reactive ketones (excluding diaryl/α,β-unsaturated/α-hetero) is 1. The van der Waals surface area contributed by atoms with Gasteiger partial charge in [-0.3, -0.25) is 9.48 Å². The molecule has 0 bridgehead atoms. The summed E-state index contributed by atoms with van der Waals surface area (Å²) in [5, 5.41) is 4.62. The first-order valence-electron chi connectivity index (χ1n) is 8.43. The van der Waals surface area contributed by atoms with Crippen molar-refractivity contribution in [2.24, 2.45) is 11.7 Å². The van der Waals surface area contributed by atoms with E-state index in [0.29, 0.717) is 18.4 Å². The molecule has 4 heteroatoms. The molecule has 2 aliphatic rings. The van der Waals surface area contributed by atoms with Crippen molar-refractivity contribution < 1.29 is 4.79 Å². The molecule has 2 aliphatic carbocycles. The molecule has 2 saturated carbocycles. The maximum Gasteiger partial charge on any atom is 0.158 e. The fourth-order valence-corrected chi connectivity index (χ4v) is 4.03. The zero-order valence-electron chi connectivity index (χ0n) is 13.1. The Kier molecular flexibility index (Phi) is 4.16. The zero-order valence-corrected chi connectivity index (χ0v) is 13.1. The number of aromatic nitrogens is 2. The molecule has 2 unspecified atom stereocenters. The highest BCUT2D eigenvalue weighted by molar-refractivity contribution is 5.89. The molecule has 4 nitrogen and oxygen atoms in total. The van der Waals surface area contributed by atoms with Gasteiger partial charge in [-0.05, 0) is 37.7 Å². The number of hydrogen-bond acceptors (Lipinski definition) is 3. The van der Waals surface area contributed by atoms with Gasteiger partial charge in [0.25, 0.3) is 0 Å². The van der Waals surface area contributed by atoms with Gasteiger partial charge in [-0.1, -0.05) is 32.6 Å². The highest BCUT2D eigenvalue weighted by Crippen LogP contribution is 2.32. The smallest absolute Gasteiger partial charge is 0.158 e. The first kappa shape index (κ1) is 14.8. The molecule has 2 fully saturated rings. The predicted molar refractivity (Wildman–Crippen MR) is 83.0 cm³/mol. The number of ketones is 1. The Bertz CT molecular complexity index is 504. The van der Waals surface area contributed by atoms with Crippen LogP contribution < -0.4 is 5.73 Å². The van der Waals surface area contributed by atoms with E-state index in [-0.39, 0.29) is 5.78 Å². The first-order valence-corrected chi connectivity index (χ1v) is 8.43. The van der Waals surface area contributed by atoms with E-state index in [1.807, 2.05) is 12.3 Å². The fourth-order valence-electron chi connectivity index (χ4n) is 4.03. The van der Waals surface area contributed by atoms with Gasteiger partial charge in [0.1, 0.15) is 0 Å². The van der Waals surface area contributed by atoms with Crippen LogP contribution in [0.4, 0.5) is 0 Å². The molecule has 3 rings (SSSR count). The second-order valence-electron chi connectivity index (χ2n) is 7.18. The van der Waals surface area contributed by atoms with E-state index >= 15 is 0 Å². The van der Waals surface area contributed by atoms with E-state index in [9.17, 15) is 4.79 Å². The number of nitrogens with two attached hydrogens (primary N) is 1. The number of carbonyl (C=O) groups excluding carboxylic acids is 1. The molecule has 1 aromatic heterocycles. The van der Waals surface area contributed by atoms with Gasteiger partial charge in [-0.15, -0.1) is 0 Å². The molecular weight excluding hydrogens is 262 g/mol. The quantitative estimate of drug-likeness (QED) is 0.926. The van der Waals surface area contributed by atoms with Gasteiger partial charge < -0.3 is 5.73 Å². The lowest BCUT2D eigenvalue weighted by molar-refractivity contribution is -0.125. The van der Waals surface area contributed by atoms with Crippen LogP contribution in [0.15, 0.2) is 12.3 Å². The number of rotatable bonds is 4. The number of hydrogen-bond donors (Lipinski definition) is 1. The highest BCUT2D eigenvalue weighted by atomic mass is 16.1. The normalized spacial score (nSPS) is 30.7. The molecule has 116 valence electrons. The van der Waals surface area contributed by atoms with Gasteiger partial charge >= 0.3 is 0 Å². The summed E-state index contributed by atoms with van der Waals surface area (Å²) in [6.45, 7) is 2.20. The minimum Gasteiger partial charge on any atom is -0.319 e. The Morgan fingerprint density at radius 2 is 2.14 bits per heavy atom. The topological polar surface area (TPSA) is 60.9 Å². The van der Waals surface area contributed by atoms with Crippen molar-refractivity contribution >= 4 is 5.78 Å². The average Bonchev–Trinajstić information content (AvgIpc) is 3.08. The van der Waals surface area contributed by atoms with Crippen LogP contribution >= 0.6 is 0 Å². The second kappa shape index (κ2) is 5.91. The molecule has 0 spiro atoms. The predicted octanol–water partition coefficient (Wildman–Crippen LogP) is 3.02. The summed E-state index contributed by atoms with van der Waals surface area (Å²) in [5.74, 6) is 0.731. The second-order valence-corrected chi connectivity index (χ2v) is 7.18. The first-order chi connectivity index (χ1) is 10.1. The van der Waals surface area contributed by atoms with Crippen molar-refractivity contribution in [3.63, 3.8) is 0 Å². The molecule has 0 aromatic carbocycles. The van der Waals surface area contributed by atoms with E-state index in [1.54, 1.807) is 0 Å². The third-order valence-electron chi connectivity index (χ3n) is 5.29. The third-order valence-corrected chi connectivity index (χ3v) is 5.29. The number of carbonyl (C=O) groups is 1. The van der Waals surface area contributed by atoms with Crippen LogP contribution in [0.25, 0.3) is 0 Å². The molecule has 1 heterocycles. The standard InChI is InChI=1S/C17H27N3O/c1-13-5-4-9-17(18,12-13)16(21)11-14-8-10-20(19-14)15-6-2-3-7-15/h8,10,13,15H,2-7,9,11-12,18H2,1H3. The van der Waals surface area contributed by atoms with Crippen LogP contribution in [-0.4, -0.2) is 21.1 Å². The van der Waals surface area contributed by atoms with Crippen LogP contribution in [0.1, 0.15) is 70.0 Å². The summed E-state index contributed by atoms with van der Waals surface area (Å²) in [5.41, 5.74) is 6.65. The van der Waals surface area contributed by atoms with Crippen LogP contribution in [-0.2, 0) is 11.2 Å².